The number of halogens is 1. The number of aromatic nitrogens is 2. The molecule has 2 aromatic rings. The third-order valence-electron chi connectivity index (χ3n) is 4.60. The van der Waals surface area contributed by atoms with Crippen LogP contribution in [0.1, 0.15) is 24.2 Å². The Balaban J connectivity index is 1.46. The monoisotopic (exact) mass is 359 g/mol. The Kier molecular flexibility index (Phi) is 6.91. The molecule has 2 heterocycles. The summed E-state index contributed by atoms with van der Waals surface area (Å²) < 4.78 is 23.8. The van der Waals surface area contributed by atoms with E-state index in [1.54, 1.807) is 19.2 Å². The fourth-order valence-electron chi connectivity index (χ4n) is 3.22. The van der Waals surface area contributed by atoms with Gasteiger partial charge in [0.05, 0.1) is 13.2 Å². The van der Waals surface area contributed by atoms with Crippen LogP contribution in [0.2, 0.25) is 0 Å². The van der Waals surface area contributed by atoms with Crippen LogP contribution in [-0.2, 0) is 17.7 Å². The Hall–Kier alpha value is -2.05. The Labute approximate surface area is 154 Å². The van der Waals surface area contributed by atoms with E-state index >= 15 is 0 Å². The van der Waals surface area contributed by atoms with Gasteiger partial charge in [0.2, 0.25) is 0 Å². The number of piperidine rings is 1. The van der Waals surface area contributed by atoms with Crippen molar-refractivity contribution in [1.29, 1.82) is 0 Å². The Morgan fingerprint density at radius 1 is 1.19 bits per heavy atom. The van der Waals surface area contributed by atoms with Crippen molar-refractivity contribution in [2.75, 3.05) is 33.4 Å². The largest absolute Gasteiger partial charge is 0.493 e. The number of ether oxygens (including phenoxy) is 2. The Morgan fingerprint density at radius 3 is 2.69 bits per heavy atom. The van der Waals surface area contributed by atoms with Gasteiger partial charge in [-0.1, -0.05) is 0 Å². The standard InChI is InChI=1S/C20H26FN3O2/c1-25-10-8-20-22-11-17(12-23-20)14-24-9-2-3-16(13-24)15-26-19-6-4-18(21)5-7-19/h4-7,11-12,16H,2-3,8-10,13-15H2,1H3. The molecule has 1 saturated heterocycles. The third kappa shape index (κ3) is 5.75. The van der Waals surface area contributed by atoms with Gasteiger partial charge in [-0.3, -0.25) is 4.90 Å². The number of hydrogen-bond donors (Lipinski definition) is 0. The fourth-order valence-corrected chi connectivity index (χ4v) is 3.22. The molecule has 0 amide bonds. The second-order valence-corrected chi connectivity index (χ2v) is 6.76. The summed E-state index contributed by atoms with van der Waals surface area (Å²) in [5.41, 5.74) is 1.13. The third-order valence-corrected chi connectivity index (χ3v) is 4.60. The molecule has 1 aliphatic rings. The average molecular weight is 359 g/mol. The minimum atomic E-state index is -0.239. The molecular formula is C20H26FN3O2. The number of rotatable bonds is 8. The predicted molar refractivity (Wildman–Crippen MR) is 97.5 cm³/mol. The molecule has 26 heavy (non-hydrogen) atoms. The smallest absolute Gasteiger partial charge is 0.130 e. The summed E-state index contributed by atoms with van der Waals surface area (Å²) in [6.45, 7) is 4.23. The van der Waals surface area contributed by atoms with Crippen molar-refractivity contribution < 1.29 is 13.9 Å². The SMILES string of the molecule is COCCc1ncc(CN2CCCC(COc3ccc(F)cc3)C2)cn1. The van der Waals surface area contributed by atoms with E-state index in [0.29, 0.717) is 19.1 Å². The maximum atomic E-state index is 12.9. The molecule has 0 aliphatic carbocycles. The molecule has 0 saturated carbocycles. The van der Waals surface area contributed by atoms with Crippen LogP contribution in [0.3, 0.4) is 0 Å². The van der Waals surface area contributed by atoms with E-state index < -0.39 is 0 Å². The minimum Gasteiger partial charge on any atom is -0.493 e. The van der Waals surface area contributed by atoms with Crippen molar-refractivity contribution in [2.45, 2.75) is 25.8 Å². The van der Waals surface area contributed by atoms with E-state index in [0.717, 1.165) is 56.0 Å². The molecule has 1 aromatic heterocycles. The van der Waals surface area contributed by atoms with Crippen molar-refractivity contribution in [2.24, 2.45) is 5.92 Å². The highest BCUT2D eigenvalue weighted by Crippen LogP contribution is 2.20. The molecule has 0 N–H and O–H groups in total. The molecule has 140 valence electrons. The highest BCUT2D eigenvalue weighted by molar-refractivity contribution is 5.22. The van der Waals surface area contributed by atoms with E-state index in [1.165, 1.54) is 12.1 Å². The molecule has 0 spiro atoms. The lowest BCUT2D eigenvalue weighted by Gasteiger charge is -2.32. The van der Waals surface area contributed by atoms with E-state index in [9.17, 15) is 4.39 Å². The fraction of sp³-hybridized carbons (Fsp3) is 0.500. The lowest BCUT2D eigenvalue weighted by atomic mass is 9.98. The Morgan fingerprint density at radius 2 is 1.96 bits per heavy atom. The summed E-state index contributed by atoms with van der Waals surface area (Å²) in [5, 5.41) is 0. The Bertz CT molecular complexity index is 664. The van der Waals surface area contributed by atoms with Gasteiger partial charge in [-0.05, 0) is 43.7 Å². The first kappa shape index (κ1) is 18.7. The highest BCUT2D eigenvalue weighted by atomic mass is 19.1. The molecule has 5 nitrogen and oxygen atoms in total. The van der Waals surface area contributed by atoms with Crippen molar-refractivity contribution in [1.82, 2.24) is 14.9 Å². The molecule has 6 heteroatoms. The second kappa shape index (κ2) is 9.59. The first-order valence-electron chi connectivity index (χ1n) is 9.12. The van der Waals surface area contributed by atoms with Gasteiger partial charge in [-0.2, -0.15) is 0 Å². The second-order valence-electron chi connectivity index (χ2n) is 6.76. The van der Waals surface area contributed by atoms with E-state index in [4.69, 9.17) is 9.47 Å². The molecule has 0 bridgehead atoms. The summed E-state index contributed by atoms with van der Waals surface area (Å²) in [5.74, 6) is 1.79. The van der Waals surface area contributed by atoms with Crippen LogP contribution >= 0.6 is 0 Å². The van der Waals surface area contributed by atoms with Gasteiger partial charge in [-0.25, -0.2) is 14.4 Å². The number of methoxy groups -OCH3 is 1. The van der Waals surface area contributed by atoms with Gasteiger partial charge in [0.25, 0.3) is 0 Å². The first-order chi connectivity index (χ1) is 12.7. The zero-order valence-electron chi connectivity index (χ0n) is 15.2. The number of benzene rings is 1. The molecular weight excluding hydrogens is 333 g/mol. The van der Waals surface area contributed by atoms with Gasteiger partial charge in [0.15, 0.2) is 0 Å². The average Bonchev–Trinajstić information content (AvgIpc) is 2.67. The summed E-state index contributed by atoms with van der Waals surface area (Å²) >= 11 is 0. The van der Waals surface area contributed by atoms with Gasteiger partial charge >= 0.3 is 0 Å². The molecule has 0 radical (unpaired) electrons. The number of likely N-dealkylation sites (tertiary alicyclic amines) is 1. The summed E-state index contributed by atoms with van der Waals surface area (Å²) in [6, 6.07) is 6.22. The maximum absolute atomic E-state index is 12.9. The maximum Gasteiger partial charge on any atom is 0.130 e. The minimum absolute atomic E-state index is 0.239. The van der Waals surface area contributed by atoms with Gasteiger partial charge in [0, 0.05) is 50.5 Å². The first-order valence-corrected chi connectivity index (χ1v) is 9.12. The molecule has 1 atom stereocenters. The number of hydrogen-bond acceptors (Lipinski definition) is 5. The normalized spacial score (nSPS) is 18.0. The van der Waals surface area contributed by atoms with Crippen LogP contribution in [0, 0.1) is 11.7 Å². The van der Waals surface area contributed by atoms with Crippen molar-refractivity contribution in [3.05, 3.63) is 53.9 Å². The van der Waals surface area contributed by atoms with Crippen molar-refractivity contribution >= 4 is 0 Å². The zero-order chi connectivity index (χ0) is 18.2. The van der Waals surface area contributed by atoms with Crippen LogP contribution in [0.4, 0.5) is 4.39 Å². The van der Waals surface area contributed by atoms with Crippen LogP contribution in [0.5, 0.6) is 5.75 Å². The van der Waals surface area contributed by atoms with Crippen LogP contribution in [0.15, 0.2) is 36.7 Å². The van der Waals surface area contributed by atoms with Gasteiger partial charge < -0.3 is 9.47 Å². The summed E-state index contributed by atoms with van der Waals surface area (Å²) in [4.78, 5) is 11.2. The van der Waals surface area contributed by atoms with Crippen molar-refractivity contribution in [3.63, 3.8) is 0 Å². The van der Waals surface area contributed by atoms with Gasteiger partial charge in [-0.15, -0.1) is 0 Å². The lowest BCUT2D eigenvalue weighted by molar-refractivity contribution is 0.125. The summed E-state index contributed by atoms with van der Waals surface area (Å²) in [7, 11) is 1.68. The van der Waals surface area contributed by atoms with Crippen molar-refractivity contribution in [3.8, 4) is 5.75 Å². The van der Waals surface area contributed by atoms with Gasteiger partial charge in [0.1, 0.15) is 17.4 Å². The van der Waals surface area contributed by atoms with Crippen LogP contribution < -0.4 is 4.74 Å². The molecule has 1 unspecified atom stereocenters. The molecule has 1 fully saturated rings. The number of nitrogens with zero attached hydrogens (tertiary/aromatic N) is 3. The molecule has 3 rings (SSSR count). The topological polar surface area (TPSA) is 47.5 Å². The van der Waals surface area contributed by atoms with E-state index in [1.807, 2.05) is 12.4 Å². The molecule has 1 aromatic carbocycles. The quantitative estimate of drug-likeness (QED) is 0.725. The highest BCUT2D eigenvalue weighted by Gasteiger charge is 2.20. The van der Waals surface area contributed by atoms with E-state index in [2.05, 4.69) is 14.9 Å². The predicted octanol–water partition coefficient (Wildman–Crippen LogP) is 3.10. The zero-order valence-corrected chi connectivity index (χ0v) is 15.2. The molecule has 1 aliphatic heterocycles. The van der Waals surface area contributed by atoms with Crippen LogP contribution in [0.25, 0.3) is 0 Å². The van der Waals surface area contributed by atoms with Crippen LogP contribution in [-0.4, -0.2) is 48.3 Å². The lowest BCUT2D eigenvalue weighted by Crippen LogP contribution is -2.37. The summed E-state index contributed by atoms with van der Waals surface area (Å²) in [6.07, 6.45) is 6.88. The van der Waals surface area contributed by atoms with E-state index in [-0.39, 0.29) is 5.82 Å².